The van der Waals surface area contributed by atoms with E-state index < -0.39 is 5.92 Å². The van der Waals surface area contributed by atoms with Crippen LogP contribution < -0.4 is 4.74 Å². The second-order valence-corrected chi connectivity index (χ2v) is 4.01. The number of carbonyl (C=O) groups excluding carboxylic acids is 2. The van der Waals surface area contributed by atoms with Crippen molar-refractivity contribution in [1.29, 1.82) is 0 Å². The molecule has 1 aromatic rings. The molecule has 1 atom stereocenters. The maximum absolute atomic E-state index is 12.1. The van der Waals surface area contributed by atoms with Gasteiger partial charge in [-0.25, -0.2) is 0 Å². The van der Waals surface area contributed by atoms with Gasteiger partial charge in [0, 0.05) is 6.42 Å². The van der Waals surface area contributed by atoms with Gasteiger partial charge < -0.3 is 4.74 Å². The summed E-state index contributed by atoms with van der Waals surface area (Å²) in [5.74, 6) is 0.225. The molecule has 0 radical (unpaired) electrons. The molecule has 0 amide bonds. The van der Waals surface area contributed by atoms with Crippen LogP contribution in [-0.4, -0.2) is 11.6 Å². The Hall–Kier alpha value is -1.90. The van der Waals surface area contributed by atoms with Crippen molar-refractivity contribution in [3.05, 3.63) is 41.7 Å². The van der Waals surface area contributed by atoms with Crippen molar-refractivity contribution in [3.8, 4) is 5.75 Å². The van der Waals surface area contributed by atoms with Crippen LogP contribution >= 0.6 is 0 Å². The molecule has 3 rings (SSSR count). The number of ketones is 2. The van der Waals surface area contributed by atoms with E-state index in [-0.39, 0.29) is 11.6 Å². The number of fused-ring (bicyclic) bond motifs is 2. The van der Waals surface area contributed by atoms with Gasteiger partial charge >= 0.3 is 0 Å². The molecule has 0 saturated carbocycles. The fourth-order valence-corrected chi connectivity index (χ4v) is 2.20. The third kappa shape index (κ3) is 1.21. The Morgan fingerprint density at radius 2 is 2.00 bits per heavy atom. The molecular formula is C13H10O3. The number of ether oxygens (including phenoxy) is 1. The summed E-state index contributed by atoms with van der Waals surface area (Å²) >= 11 is 0. The molecule has 1 unspecified atom stereocenters. The predicted molar refractivity (Wildman–Crippen MR) is 57.2 cm³/mol. The van der Waals surface area contributed by atoms with E-state index in [1.165, 1.54) is 0 Å². The van der Waals surface area contributed by atoms with Crippen LogP contribution in [0.1, 0.15) is 23.2 Å². The van der Waals surface area contributed by atoms with E-state index in [1.54, 1.807) is 18.2 Å². The Balaban J connectivity index is 2.15. The zero-order valence-corrected chi connectivity index (χ0v) is 8.60. The average molecular weight is 214 g/mol. The van der Waals surface area contributed by atoms with E-state index in [4.69, 9.17) is 4.74 Å². The molecular weight excluding hydrogens is 204 g/mol. The van der Waals surface area contributed by atoms with Gasteiger partial charge in [0.05, 0.1) is 5.56 Å². The van der Waals surface area contributed by atoms with Gasteiger partial charge in [0.15, 0.2) is 11.6 Å². The van der Waals surface area contributed by atoms with Gasteiger partial charge in [0.25, 0.3) is 0 Å². The molecule has 3 heteroatoms. The van der Waals surface area contributed by atoms with E-state index >= 15 is 0 Å². The van der Waals surface area contributed by atoms with E-state index in [9.17, 15) is 9.59 Å². The highest BCUT2D eigenvalue weighted by Crippen LogP contribution is 2.36. The smallest absolute Gasteiger partial charge is 0.184 e. The number of hydrogen-bond acceptors (Lipinski definition) is 3. The summed E-state index contributed by atoms with van der Waals surface area (Å²) in [7, 11) is 0. The van der Waals surface area contributed by atoms with Crippen LogP contribution in [0.3, 0.4) is 0 Å². The number of para-hydroxylation sites is 1. The number of Topliss-reactive ketones (excluding diaryl/α,β-unsaturated/α-hetero) is 2. The molecule has 0 fully saturated rings. The first-order valence-electron chi connectivity index (χ1n) is 5.31. The van der Waals surface area contributed by atoms with E-state index in [0.29, 0.717) is 29.9 Å². The predicted octanol–water partition coefficient (Wildman–Crippen LogP) is 2.12. The monoisotopic (exact) mass is 214 g/mol. The van der Waals surface area contributed by atoms with Crippen molar-refractivity contribution < 1.29 is 14.3 Å². The SMILES string of the molecule is O=C1CCC=C2Oc3ccccc3C(=O)C12. The zero-order chi connectivity index (χ0) is 11.1. The van der Waals surface area contributed by atoms with Crippen LogP contribution in [-0.2, 0) is 4.79 Å². The third-order valence-corrected chi connectivity index (χ3v) is 2.99. The summed E-state index contributed by atoms with van der Waals surface area (Å²) in [6.45, 7) is 0. The normalized spacial score (nSPS) is 23.0. The highest BCUT2D eigenvalue weighted by molar-refractivity contribution is 6.15. The zero-order valence-electron chi connectivity index (χ0n) is 8.60. The highest BCUT2D eigenvalue weighted by Gasteiger charge is 2.39. The Labute approximate surface area is 92.7 Å². The lowest BCUT2D eigenvalue weighted by Gasteiger charge is -2.27. The van der Waals surface area contributed by atoms with Crippen LogP contribution in [0, 0.1) is 5.92 Å². The van der Waals surface area contributed by atoms with Crippen molar-refractivity contribution in [1.82, 2.24) is 0 Å². The number of rotatable bonds is 0. The van der Waals surface area contributed by atoms with Crippen LogP contribution in [0.5, 0.6) is 5.75 Å². The lowest BCUT2D eigenvalue weighted by Crippen LogP contribution is -2.34. The molecule has 0 saturated heterocycles. The second kappa shape index (κ2) is 3.30. The first-order chi connectivity index (χ1) is 7.77. The van der Waals surface area contributed by atoms with Crippen molar-refractivity contribution >= 4 is 11.6 Å². The van der Waals surface area contributed by atoms with Crippen molar-refractivity contribution in [2.45, 2.75) is 12.8 Å². The Morgan fingerprint density at radius 1 is 1.19 bits per heavy atom. The number of carbonyl (C=O) groups is 2. The van der Waals surface area contributed by atoms with Crippen molar-refractivity contribution in [2.24, 2.45) is 5.92 Å². The number of hydrogen-bond donors (Lipinski definition) is 0. The topological polar surface area (TPSA) is 43.4 Å². The molecule has 1 aliphatic carbocycles. The van der Waals surface area contributed by atoms with Gasteiger partial charge in [0.2, 0.25) is 0 Å². The quantitative estimate of drug-likeness (QED) is 0.621. The third-order valence-electron chi connectivity index (χ3n) is 2.99. The molecule has 16 heavy (non-hydrogen) atoms. The van der Waals surface area contributed by atoms with Crippen LogP contribution in [0.2, 0.25) is 0 Å². The molecule has 0 N–H and O–H groups in total. The summed E-state index contributed by atoms with van der Waals surface area (Å²) in [5.41, 5.74) is 0.514. The summed E-state index contributed by atoms with van der Waals surface area (Å²) in [6, 6.07) is 7.06. The molecule has 0 bridgehead atoms. The molecule has 80 valence electrons. The average Bonchev–Trinajstić information content (AvgIpc) is 2.29. The minimum atomic E-state index is -0.691. The van der Waals surface area contributed by atoms with Crippen molar-refractivity contribution in [2.75, 3.05) is 0 Å². The van der Waals surface area contributed by atoms with Gasteiger partial charge in [-0.05, 0) is 24.6 Å². The first kappa shape index (κ1) is 9.33. The molecule has 2 aliphatic rings. The van der Waals surface area contributed by atoms with Crippen LogP contribution in [0.4, 0.5) is 0 Å². The van der Waals surface area contributed by atoms with Crippen molar-refractivity contribution in [3.63, 3.8) is 0 Å². The van der Waals surface area contributed by atoms with Gasteiger partial charge in [-0.2, -0.15) is 0 Å². The Kier molecular flexibility index (Phi) is 1.93. The van der Waals surface area contributed by atoms with Gasteiger partial charge in [-0.15, -0.1) is 0 Å². The van der Waals surface area contributed by atoms with Gasteiger partial charge in [0.1, 0.15) is 17.4 Å². The maximum atomic E-state index is 12.1. The Morgan fingerprint density at radius 3 is 2.88 bits per heavy atom. The highest BCUT2D eigenvalue weighted by atomic mass is 16.5. The number of allylic oxidation sites excluding steroid dienone is 2. The molecule has 0 spiro atoms. The Bertz CT molecular complexity index is 514. The van der Waals surface area contributed by atoms with Crippen LogP contribution in [0.25, 0.3) is 0 Å². The fourth-order valence-electron chi connectivity index (χ4n) is 2.20. The van der Waals surface area contributed by atoms with E-state index in [2.05, 4.69) is 0 Å². The fraction of sp³-hybridized carbons (Fsp3) is 0.231. The first-order valence-corrected chi connectivity index (χ1v) is 5.31. The molecule has 1 heterocycles. The second-order valence-electron chi connectivity index (χ2n) is 4.01. The minimum absolute atomic E-state index is 0.0306. The van der Waals surface area contributed by atoms with E-state index in [1.807, 2.05) is 12.1 Å². The van der Waals surface area contributed by atoms with E-state index in [0.717, 1.165) is 0 Å². The lowest BCUT2D eigenvalue weighted by molar-refractivity contribution is -0.121. The standard InChI is InChI=1S/C13H10O3/c14-9-5-3-7-11-12(9)13(15)8-4-1-2-6-10(8)16-11/h1-2,4,6-7,12H,3,5H2. The van der Waals surface area contributed by atoms with Crippen LogP contribution in [0.15, 0.2) is 36.1 Å². The summed E-state index contributed by atoms with van der Waals surface area (Å²) < 4.78 is 5.60. The van der Waals surface area contributed by atoms with Gasteiger partial charge in [-0.1, -0.05) is 12.1 Å². The summed E-state index contributed by atoms with van der Waals surface area (Å²) in [5, 5.41) is 0. The number of benzene rings is 1. The van der Waals surface area contributed by atoms with Gasteiger partial charge in [-0.3, -0.25) is 9.59 Å². The molecule has 1 aliphatic heterocycles. The summed E-state index contributed by atoms with van der Waals surface area (Å²) in [6.07, 6.45) is 2.95. The molecule has 1 aromatic carbocycles. The molecule has 0 aromatic heterocycles. The molecule has 3 nitrogen and oxygen atoms in total. The maximum Gasteiger partial charge on any atom is 0.184 e. The largest absolute Gasteiger partial charge is 0.460 e. The minimum Gasteiger partial charge on any atom is -0.460 e. The summed E-state index contributed by atoms with van der Waals surface area (Å²) in [4.78, 5) is 23.8. The lowest BCUT2D eigenvalue weighted by atomic mass is 9.84.